The van der Waals surface area contributed by atoms with Gasteiger partial charge in [0.15, 0.2) is 5.43 Å². The molecule has 1 fully saturated rings. The molecule has 7 heteroatoms. The van der Waals surface area contributed by atoms with Crippen LogP contribution in [0.1, 0.15) is 47.5 Å². The molecule has 24 heavy (non-hydrogen) atoms. The molecule has 1 saturated heterocycles. The lowest BCUT2D eigenvalue weighted by Crippen LogP contribution is -2.28. The fourth-order valence-corrected chi connectivity index (χ4v) is 2.68. The normalized spacial score (nSPS) is 15.1. The second-order valence-electron chi connectivity index (χ2n) is 5.59. The molecule has 1 aliphatic rings. The van der Waals surface area contributed by atoms with E-state index in [0.29, 0.717) is 25.7 Å². The van der Waals surface area contributed by atoms with E-state index in [1.165, 1.54) is 6.20 Å². The Kier molecular flexibility index (Phi) is 6.54. The van der Waals surface area contributed by atoms with Crippen molar-refractivity contribution in [3.05, 3.63) is 33.7 Å². The van der Waals surface area contributed by atoms with E-state index in [-0.39, 0.29) is 24.5 Å². The van der Waals surface area contributed by atoms with Crippen LogP contribution >= 0.6 is 0 Å². The highest BCUT2D eigenvalue weighted by Gasteiger charge is 2.22. The number of ether oxygens (including phenoxy) is 3. The van der Waals surface area contributed by atoms with Gasteiger partial charge in [-0.3, -0.25) is 4.79 Å². The summed E-state index contributed by atoms with van der Waals surface area (Å²) in [7, 11) is 0. The number of pyridine rings is 1. The van der Waals surface area contributed by atoms with E-state index in [0.717, 1.165) is 18.9 Å². The van der Waals surface area contributed by atoms with Gasteiger partial charge in [-0.1, -0.05) is 0 Å². The van der Waals surface area contributed by atoms with Gasteiger partial charge in [-0.15, -0.1) is 0 Å². The lowest BCUT2D eigenvalue weighted by molar-refractivity contribution is 0.0481. The minimum atomic E-state index is -0.682. The number of carbonyl (C=O) groups is 2. The Morgan fingerprint density at radius 3 is 2.42 bits per heavy atom. The van der Waals surface area contributed by atoms with Crippen molar-refractivity contribution >= 4 is 11.9 Å². The van der Waals surface area contributed by atoms with Crippen LogP contribution in [0.3, 0.4) is 0 Å². The van der Waals surface area contributed by atoms with Crippen LogP contribution < -0.4 is 5.43 Å². The van der Waals surface area contributed by atoms with E-state index in [4.69, 9.17) is 14.2 Å². The number of hydrogen-bond donors (Lipinski definition) is 0. The molecule has 0 aliphatic carbocycles. The molecule has 1 aliphatic heterocycles. The highest BCUT2D eigenvalue weighted by atomic mass is 16.5. The van der Waals surface area contributed by atoms with E-state index in [1.807, 2.05) is 0 Å². The van der Waals surface area contributed by atoms with Gasteiger partial charge < -0.3 is 18.8 Å². The van der Waals surface area contributed by atoms with Crippen LogP contribution in [0.25, 0.3) is 0 Å². The van der Waals surface area contributed by atoms with Crippen LogP contribution in [0.5, 0.6) is 0 Å². The predicted molar refractivity (Wildman–Crippen MR) is 86.2 cm³/mol. The lowest BCUT2D eigenvalue weighted by Gasteiger charge is -2.24. The Balaban J connectivity index is 2.37. The third-order valence-corrected chi connectivity index (χ3v) is 3.90. The van der Waals surface area contributed by atoms with Crippen molar-refractivity contribution in [2.24, 2.45) is 5.92 Å². The number of rotatable bonds is 6. The maximum atomic E-state index is 12.2. The standard InChI is InChI=1S/C17H23NO6/c1-3-23-16(20)13-11-18(10-12-5-7-22-8-6-12)14(9-15(13)19)17(21)24-4-2/h9,11-12H,3-8,10H2,1-2H3. The summed E-state index contributed by atoms with van der Waals surface area (Å²) in [6.07, 6.45) is 3.13. The number of aromatic nitrogens is 1. The van der Waals surface area contributed by atoms with E-state index in [1.54, 1.807) is 18.4 Å². The lowest BCUT2D eigenvalue weighted by atomic mass is 10.00. The van der Waals surface area contributed by atoms with Gasteiger partial charge in [0.1, 0.15) is 11.3 Å². The zero-order valence-electron chi connectivity index (χ0n) is 14.1. The maximum absolute atomic E-state index is 12.2. The van der Waals surface area contributed by atoms with Crippen LogP contribution in [0.15, 0.2) is 17.1 Å². The molecular formula is C17H23NO6. The predicted octanol–water partition coefficient (Wildman–Crippen LogP) is 1.63. The van der Waals surface area contributed by atoms with Gasteiger partial charge in [0.2, 0.25) is 0 Å². The van der Waals surface area contributed by atoms with Crippen LogP contribution in [-0.2, 0) is 20.8 Å². The van der Waals surface area contributed by atoms with Crippen molar-refractivity contribution in [3.8, 4) is 0 Å². The topological polar surface area (TPSA) is 83.8 Å². The monoisotopic (exact) mass is 337 g/mol. The zero-order chi connectivity index (χ0) is 17.5. The largest absolute Gasteiger partial charge is 0.462 e. The highest BCUT2D eigenvalue weighted by Crippen LogP contribution is 2.18. The first-order valence-corrected chi connectivity index (χ1v) is 8.23. The third-order valence-electron chi connectivity index (χ3n) is 3.90. The fourth-order valence-electron chi connectivity index (χ4n) is 2.68. The summed E-state index contributed by atoms with van der Waals surface area (Å²) in [5.74, 6) is -0.944. The molecule has 132 valence electrons. The highest BCUT2D eigenvalue weighted by molar-refractivity contribution is 5.91. The summed E-state index contributed by atoms with van der Waals surface area (Å²) in [5.41, 5.74) is -0.460. The summed E-state index contributed by atoms with van der Waals surface area (Å²) < 4.78 is 16.9. The first kappa shape index (κ1) is 18.2. The number of nitrogens with zero attached hydrogens (tertiary/aromatic N) is 1. The molecule has 0 atom stereocenters. The number of carbonyl (C=O) groups excluding carboxylic acids is 2. The molecule has 0 amide bonds. The van der Waals surface area contributed by atoms with Crippen molar-refractivity contribution in [2.45, 2.75) is 33.2 Å². The summed E-state index contributed by atoms with van der Waals surface area (Å²) in [4.78, 5) is 36.3. The van der Waals surface area contributed by atoms with Crippen LogP contribution in [0.2, 0.25) is 0 Å². The van der Waals surface area contributed by atoms with Gasteiger partial charge in [-0.2, -0.15) is 0 Å². The first-order chi connectivity index (χ1) is 11.6. The molecule has 0 N–H and O–H groups in total. The smallest absolute Gasteiger partial charge is 0.355 e. The Bertz CT molecular complexity index is 645. The van der Waals surface area contributed by atoms with Crippen LogP contribution in [0.4, 0.5) is 0 Å². The molecule has 0 saturated carbocycles. The molecule has 2 heterocycles. The molecule has 7 nitrogen and oxygen atoms in total. The second-order valence-corrected chi connectivity index (χ2v) is 5.59. The molecule has 1 aromatic rings. The SMILES string of the molecule is CCOC(=O)c1cn(CC2CCOCC2)c(C(=O)OCC)cc1=O. The van der Waals surface area contributed by atoms with Gasteiger partial charge >= 0.3 is 11.9 Å². The average molecular weight is 337 g/mol. The second kappa shape index (κ2) is 8.63. The van der Waals surface area contributed by atoms with Gasteiger partial charge in [-0.05, 0) is 32.6 Å². The maximum Gasteiger partial charge on any atom is 0.355 e. The van der Waals surface area contributed by atoms with Crippen molar-refractivity contribution in [1.29, 1.82) is 0 Å². The van der Waals surface area contributed by atoms with Gasteiger partial charge in [0, 0.05) is 32.0 Å². The number of hydrogen-bond acceptors (Lipinski definition) is 6. The first-order valence-electron chi connectivity index (χ1n) is 8.23. The van der Waals surface area contributed by atoms with Crippen molar-refractivity contribution in [3.63, 3.8) is 0 Å². The fraction of sp³-hybridized carbons (Fsp3) is 0.588. The zero-order valence-corrected chi connectivity index (χ0v) is 14.1. The third kappa shape index (κ3) is 4.44. The minimum Gasteiger partial charge on any atom is -0.462 e. The van der Waals surface area contributed by atoms with Crippen LogP contribution in [0, 0.1) is 5.92 Å². The van der Waals surface area contributed by atoms with Crippen molar-refractivity contribution < 1.29 is 23.8 Å². The van der Waals surface area contributed by atoms with E-state index in [2.05, 4.69) is 0 Å². The van der Waals surface area contributed by atoms with E-state index >= 15 is 0 Å². The molecule has 0 aromatic carbocycles. The summed E-state index contributed by atoms with van der Waals surface area (Å²) in [6.45, 7) is 5.62. The minimum absolute atomic E-state index is 0.0723. The van der Waals surface area contributed by atoms with Crippen LogP contribution in [-0.4, -0.2) is 42.9 Å². The van der Waals surface area contributed by atoms with Crippen molar-refractivity contribution in [1.82, 2.24) is 4.57 Å². The molecule has 0 spiro atoms. The molecule has 0 radical (unpaired) electrons. The molecule has 2 rings (SSSR count). The Hall–Kier alpha value is -2.15. The number of esters is 2. The summed E-state index contributed by atoms with van der Waals surface area (Å²) in [5, 5.41) is 0. The molecule has 0 unspecified atom stereocenters. The summed E-state index contributed by atoms with van der Waals surface area (Å²) >= 11 is 0. The Morgan fingerprint density at radius 2 is 1.79 bits per heavy atom. The average Bonchev–Trinajstić information content (AvgIpc) is 2.57. The van der Waals surface area contributed by atoms with Crippen molar-refractivity contribution in [2.75, 3.05) is 26.4 Å². The molecular weight excluding hydrogens is 314 g/mol. The van der Waals surface area contributed by atoms with Gasteiger partial charge in [0.25, 0.3) is 0 Å². The van der Waals surface area contributed by atoms with E-state index in [9.17, 15) is 14.4 Å². The molecule has 1 aromatic heterocycles. The van der Waals surface area contributed by atoms with Gasteiger partial charge in [0.05, 0.1) is 13.2 Å². The molecule has 0 bridgehead atoms. The Labute approximate surface area is 140 Å². The quantitative estimate of drug-likeness (QED) is 0.734. The summed E-state index contributed by atoms with van der Waals surface area (Å²) in [6, 6.07) is 1.16. The van der Waals surface area contributed by atoms with Gasteiger partial charge in [-0.25, -0.2) is 9.59 Å². The van der Waals surface area contributed by atoms with E-state index < -0.39 is 17.4 Å². The Morgan fingerprint density at radius 1 is 1.17 bits per heavy atom.